The average Bonchev–Trinajstić information content (AvgIpc) is 2.16. The molecule has 14 heteroatoms. The second-order valence-corrected chi connectivity index (χ2v) is 4.09. The predicted molar refractivity (Wildman–Crippen MR) is 47.5 cm³/mol. The summed E-state index contributed by atoms with van der Waals surface area (Å²) < 4.78 is 146. The lowest BCUT2D eigenvalue weighted by Gasteiger charge is -2.32. The van der Waals surface area contributed by atoms with Crippen LogP contribution in [-0.2, 0) is 0 Å². The number of rotatable bonds is 4. The summed E-state index contributed by atoms with van der Waals surface area (Å²) >= 11 is 0. The minimum Gasteiger partial charge on any atom is -0.284 e. The van der Waals surface area contributed by atoms with Crippen LogP contribution in [0.5, 0.6) is 0 Å². The van der Waals surface area contributed by atoms with Gasteiger partial charge in [0.15, 0.2) is 6.17 Å². The fourth-order valence-corrected chi connectivity index (χ4v) is 1.12. The van der Waals surface area contributed by atoms with Crippen molar-refractivity contribution in [2.75, 3.05) is 0 Å². The van der Waals surface area contributed by atoms with Crippen molar-refractivity contribution in [3.63, 3.8) is 0 Å². The largest absolute Gasteiger partial charge is 0.417 e. The quantitative estimate of drug-likeness (QED) is 0.593. The molecule has 0 saturated heterocycles. The highest BCUT2D eigenvalue weighted by Gasteiger charge is 2.60. The summed E-state index contributed by atoms with van der Waals surface area (Å²) in [4.78, 5) is 0. The Kier molecular flexibility index (Phi) is 6.03. The maximum absolute atomic E-state index is 12.4. The molecule has 0 rings (SSSR count). The van der Waals surface area contributed by atoms with Gasteiger partial charge in [-0.05, 0) is 6.92 Å². The Morgan fingerprint density at radius 2 is 0.909 bits per heavy atom. The zero-order valence-electron chi connectivity index (χ0n) is 10.3. The Labute approximate surface area is 114 Å². The van der Waals surface area contributed by atoms with Gasteiger partial charge in [-0.25, -0.2) is 0 Å². The van der Waals surface area contributed by atoms with Crippen molar-refractivity contribution in [1.82, 2.24) is 10.6 Å². The van der Waals surface area contributed by atoms with Crippen LogP contribution in [0.25, 0.3) is 0 Å². The molecule has 22 heavy (non-hydrogen) atoms. The molecule has 0 bridgehead atoms. The molecule has 0 heterocycles. The second kappa shape index (κ2) is 6.29. The summed E-state index contributed by atoms with van der Waals surface area (Å²) in [6, 6.07) is -7.66. The van der Waals surface area contributed by atoms with Crippen LogP contribution in [0.4, 0.5) is 52.7 Å². The minimum atomic E-state index is -6.19. The molecule has 0 aliphatic carbocycles. The fourth-order valence-electron chi connectivity index (χ4n) is 1.12. The van der Waals surface area contributed by atoms with Crippen LogP contribution in [0.2, 0.25) is 0 Å². The Hall–Kier alpha value is -0.920. The Morgan fingerprint density at radius 1 is 0.545 bits per heavy atom. The van der Waals surface area contributed by atoms with E-state index in [0.717, 1.165) is 0 Å². The molecular weight excluding hydrogens is 352 g/mol. The molecule has 0 aliphatic rings. The molecule has 0 saturated carbocycles. The minimum absolute atomic E-state index is 0.0908. The zero-order chi connectivity index (χ0) is 18.1. The van der Waals surface area contributed by atoms with Crippen LogP contribution in [0, 0.1) is 0 Å². The number of nitrogens with one attached hydrogen (secondary N) is 2. The van der Waals surface area contributed by atoms with Crippen molar-refractivity contribution < 1.29 is 52.7 Å². The summed E-state index contributed by atoms with van der Waals surface area (Å²) in [7, 11) is 0. The number of hydrogen-bond acceptors (Lipinski definition) is 2. The molecule has 2 N–H and O–H groups in total. The van der Waals surface area contributed by atoms with Crippen LogP contribution in [-0.4, -0.2) is 43.0 Å². The fraction of sp³-hybridized carbons (Fsp3) is 1.00. The molecule has 0 spiro atoms. The van der Waals surface area contributed by atoms with E-state index < -0.39 is 43.0 Å². The van der Waals surface area contributed by atoms with Crippen molar-refractivity contribution in [1.29, 1.82) is 0 Å². The lowest BCUT2D eigenvalue weighted by molar-refractivity contribution is -0.271. The smallest absolute Gasteiger partial charge is 0.284 e. The first kappa shape index (κ1) is 21.1. The van der Waals surface area contributed by atoms with Crippen LogP contribution in [0.3, 0.4) is 0 Å². The van der Waals surface area contributed by atoms with E-state index in [1.165, 1.54) is 0 Å². The first-order valence-electron chi connectivity index (χ1n) is 5.15. The normalized spacial score (nSPS) is 17.7. The molecule has 0 fully saturated rings. The first-order chi connectivity index (χ1) is 9.37. The standard InChI is InChI=1S/C8H8F12N2/c1-2(5(9,10)11)21-4(8(18,19)20)22-3(6(12,13)14)7(15,16)17/h2-4,21-22H,1H3. The van der Waals surface area contributed by atoms with Gasteiger partial charge in [0.2, 0.25) is 6.04 Å². The lowest BCUT2D eigenvalue weighted by atomic mass is 10.2. The monoisotopic (exact) mass is 360 g/mol. The van der Waals surface area contributed by atoms with Gasteiger partial charge in [-0.1, -0.05) is 0 Å². The Morgan fingerprint density at radius 3 is 1.14 bits per heavy atom. The SMILES string of the molecule is CC(NC(NC(C(F)(F)F)C(F)(F)F)C(F)(F)F)C(F)(F)F. The van der Waals surface area contributed by atoms with E-state index in [9.17, 15) is 52.7 Å². The van der Waals surface area contributed by atoms with Gasteiger partial charge in [-0.3, -0.25) is 10.6 Å². The third-order valence-corrected chi connectivity index (χ3v) is 2.22. The molecule has 0 aromatic rings. The summed E-state index contributed by atoms with van der Waals surface area (Å²) in [6.45, 7) is 0.108. The molecule has 0 aromatic carbocycles. The number of hydrogen-bond donors (Lipinski definition) is 2. The Bertz CT molecular complexity index is 336. The van der Waals surface area contributed by atoms with E-state index in [0.29, 0.717) is 5.32 Å². The Balaban J connectivity index is 5.39. The van der Waals surface area contributed by atoms with Crippen molar-refractivity contribution in [2.24, 2.45) is 0 Å². The van der Waals surface area contributed by atoms with Gasteiger partial charge in [0.25, 0.3) is 0 Å². The average molecular weight is 360 g/mol. The van der Waals surface area contributed by atoms with Crippen molar-refractivity contribution >= 4 is 0 Å². The van der Waals surface area contributed by atoms with Crippen molar-refractivity contribution in [3.05, 3.63) is 0 Å². The predicted octanol–water partition coefficient (Wildman–Crippen LogP) is 3.50. The molecule has 0 aromatic heterocycles. The molecule has 0 amide bonds. The van der Waals surface area contributed by atoms with Crippen molar-refractivity contribution in [3.8, 4) is 0 Å². The van der Waals surface area contributed by atoms with E-state index >= 15 is 0 Å². The molecule has 2 atom stereocenters. The first-order valence-corrected chi connectivity index (χ1v) is 5.15. The third-order valence-electron chi connectivity index (χ3n) is 2.22. The van der Waals surface area contributed by atoms with Gasteiger partial charge in [-0.2, -0.15) is 52.7 Å². The van der Waals surface area contributed by atoms with Crippen LogP contribution < -0.4 is 10.6 Å². The van der Waals surface area contributed by atoms with Gasteiger partial charge in [0, 0.05) is 0 Å². The highest BCUT2D eigenvalue weighted by atomic mass is 19.4. The molecule has 0 aliphatic heterocycles. The van der Waals surface area contributed by atoms with Gasteiger partial charge in [-0.15, -0.1) is 0 Å². The van der Waals surface area contributed by atoms with Crippen LogP contribution in [0.15, 0.2) is 0 Å². The van der Waals surface area contributed by atoms with Gasteiger partial charge in [0.05, 0.1) is 0 Å². The van der Waals surface area contributed by atoms with Crippen molar-refractivity contribution in [2.45, 2.75) is 49.9 Å². The number of alkyl halides is 12. The molecular formula is C8H8F12N2. The summed E-state index contributed by atoms with van der Waals surface area (Å²) in [5.74, 6) is 0. The summed E-state index contributed by atoms with van der Waals surface area (Å²) in [6.07, 6.45) is -27.4. The van der Waals surface area contributed by atoms with Gasteiger partial charge < -0.3 is 0 Å². The van der Waals surface area contributed by atoms with E-state index in [1.807, 2.05) is 0 Å². The lowest BCUT2D eigenvalue weighted by Crippen LogP contribution is -2.65. The van der Waals surface area contributed by atoms with Gasteiger partial charge in [0.1, 0.15) is 6.04 Å². The topological polar surface area (TPSA) is 24.1 Å². The van der Waals surface area contributed by atoms with E-state index in [4.69, 9.17) is 0 Å². The molecule has 134 valence electrons. The highest BCUT2D eigenvalue weighted by molar-refractivity contribution is 4.89. The third kappa shape index (κ3) is 6.46. The summed E-state index contributed by atoms with van der Waals surface area (Å²) in [5, 5.41) is 0.701. The zero-order valence-corrected chi connectivity index (χ0v) is 10.3. The van der Waals surface area contributed by atoms with E-state index in [-0.39, 0.29) is 12.2 Å². The number of halogens is 12. The van der Waals surface area contributed by atoms with Gasteiger partial charge >= 0.3 is 24.7 Å². The maximum atomic E-state index is 12.4. The molecule has 2 unspecified atom stereocenters. The maximum Gasteiger partial charge on any atom is 0.417 e. The highest BCUT2D eigenvalue weighted by Crippen LogP contribution is 2.35. The van der Waals surface area contributed by atoms with Crippen LogP contribution >= 0.6 is 0 Å². The summed E-state index contributed by atoms with van der Waals surface area (Å²) in [5.41, 5.74) is 0. The van der Waals surface area contributed by atoms with E-state index in [2.05, 4.69) is 0 Å². The van der Waals surface area contributed by atoms with E-state index in [1.54, 1.807) is 0 Å². The molecule has 0 radical (unpaired) electrons. The molecule has 2 nitrogen and oxygen atoms in total. The second-order valence-electron chi connectivity index (χ2n) is 4.09. The van der Waals surface area contributed by atoms with Crippen LogP contribution in [0.1, 0.15) is 6.92 Å².